The zero-order chi connectivity index (χ0) is 15.3. The van der Waals surface area contributed by atoms with Gasteiger partial charge in [-0.25, -0.2) is 0 Å². The van der Waals surface area contributed by atoms with Gasteiger partial charge < -0.3 is 5.73 Å². The Bertz CT molecular complexity index is 399. The molecule has 1 aromatic carbocycles. The molecule has 0 aliphatic carbocycles. The van der Waals surface area contributed by atoms with Gasteiger partial charge >= 0.3 is 6.18 Å². The molecule has 0 radical (unpaired) electrons. The molecule has 0 aromatic heterocycles. The van der Waals surface area contributed by atoms with Crippen molar-refractivity contribution in [1.82, 2.24) is 4.90 Å². The van der Waals surface area contributed by atoms with E-state index >= 15 is 0 Å². The topological polar surface area (TPSA) is 29.3 Å². The Balaban J connectivity index is 2.71. The number of halogens is 3. The van der Waals surface area contributed by atoms with Crippen molar-refractivity contribution in [3.05, 3.63) is 35.4 Å². The van der Waals surface area contributed by atoms with E-state index in [1.165, 1.54) is 10.5 Å². The van der Waals surface area contributed by atoms with Gasteiger partial charge in [0.25, 0.3) is 0 Å². The molecule has 2 N–H and O–H groups in total. The number of hydrogen-bond acceptors (Lipinski definition) is 2. The molecule has 2 nitrogen and oxygen atoms in total. The van der Waals surface area contributed by atoms with Crippen LogP contribution in [-0.4, -0.2) is 30.2 Å². The third-order valence-electron chi connectivity index (χ3n) is 3.36. The Morgan fingerprint density at radius 2 is 1.70 bits per heavy atom. The average molecular weight is 288 g/mol. The van der Waals surface area contributed by atoms with E-state index in [4.69, 9.17) is 5.73 Å². The number of nitrogens with two attached hydrogens (primary N) is 1. The lowest BCUT2D eigenvalue weighted by Crippen LogP contribution is -2.42. The third kappa shape index (κ3) is 5.51. The van der Waals surface area contributed by atoms with Crippen molar-refractivity contribution in [2.45, 2.75) is 45.5 Å². The fourth-order valence-corrected chi connectivity index (χ4v) is 2.05. The fourth-order valence-electron chi connectivity index (χ4n) is 2.05. The molecule has 0 saturated carbocycles. The van der Waals surface area contributed by atoms with Crippen molar-refractivity contribution in [2.24, 2.45) is 5.73 Å². The van der Waals surface area contributed by atoms with Crippen molar-refractivity contribution >= 4 is 0 Å². The molecule has 0 amide bonds. The van der Waals surface area contributed by atoms with Gasteiger partial charge in [-0.15, -0.1) is 0 Å². The molecular formula is C15H23F3N2. The quantitative estimate of drug-likeness (QED) is 0.868. The molecule has 1 rings (SSSR count). The minimum atomic E-state index is -4.20. The van der Waals surface area contributed by atoms with E-state index < -0.39 is 18.8 Å². The van der Waals surface area contributed by atoms with Gasteiger partial charge in [-0.3, -0.25) is 4.90 Å². The highest BCUT2D eigenvalue weighted by atomic mass is 19.4. The van der Waals surface area contributed by atoms with E-state index in [-0.39, 0.29) is 12.6 Å². The molecule has 1 atom stereocenters. The Kier molecular flexibility index (Phi) is 6.02. The molecule has 20 heavy (non-hydrogen) atoms. The van der Waals surface area contributed by atoms with Crippen LogP contribution in [0.4, 0.5) is 13.2 Å². The lowest BCUT2D eigenvalue weighted by Gasteiger charge is -2.30. The number of rotatable bonds is 6. The molecule has 114 valence electrons. The number of hydrogen-bond donors (Lipinski definition) is 1. The van der Waals surface area contributed by atoms with Crippen molar-refractivity contribution in [1.29, 1.82) is 0 Å². The summed E-state index contributed by atoms with van der Waals surface area (Å²) in [4.78, 5) is 1.36. The second kappa shape index (κ2) is 7.09. The summed E-state index contributed by atoms with van der Waals surface area (Å²) in [5, 5.41) is 0. The first-order valence-electron chi connectivity index (χ1n) is 6.88. The van der Waals surface area contributed by atoms with Crippen molar-refractivity contribution in [3.8, 4) is 0 Å². The van der Waals surface area contributed by atoms with Gasteiger partial charge in [0.1, 0.15) is 0 Å². The molecule has 5 heteroatoms. The summed E-state index contributed by atoms with van der Waals surface area (Å²) in [5.41, 5.74) is 8.10. The molecule has 1 aromatic rings. The number of nitrogens with zero attached hydrogens (tertiary/aromatic N) is 1. The van der Waals surface area contributed by atoms with Crippen molar-refractivity contribution in [2.75, 3.05) is 13.1 Å². The summed E-state index contributed by atoms with van der Waals surface area (Å²) in [6.07, 6.45) is -3.27. The largest absolute Gasteiger partial charge is 0.401 e. The summed E-state index contributed by atoms with van der Waals surface area (Å²) < 4.78 is 37.6. The first-order chi connectivity index (χ1) is 9.23. The summed E-state index contributed by atoms with van der Waals surface area (Å²) in [5.74, 6) is 0. The van der Waals surface area contributed by atoms with Crippen LogP contribution in [0.5, 0.6) is 0 Å². The molecule has 0 spiro atoms. The molecule has 0 aliphatic rings. The van der Waals surface area contributed by atoms with Crippen molar-refractivity contribution < 1.29 is 13.2 Å². The van der Waals surface area contributed by atoms with Crippen LogP contribution in [0.25, 0.3) is 0 Å². The van der Waals surface area contributed by atoms with Gasteiger partial charge in [0.15, 0.2) is 0 Å². The fraction of sp³-hybridized carbons (Fsp3) is 0.600. The van der Waals surface area contributed by atoms with Crippen LogP contribution in [0.15, 0.2) is 24.3 Å². The second-order valence-electron chi connectivity index (χ2n) is 5.34. The van der Waals surface area contributed by atoms with E-state index in [0.717, 1.165) is 12.0 Å². The normalized spacial score (nSPS) is 14.1. The average Bonchev–Trinajstić information content (AvgIpc) is 2.36. The van der Waals surface area contributed by atoms with Crippen LogP contribution in [0.3, 0.4) is 0 Å². The van der Waals surface area contributed by atoms with Crippen molar-refractivity contribution in [3.63, 3.8) is 0 Å². The van der Waals surface area contributed by atoms with Gasteiger partial charge in [0.2, 0.25) is 0 Å². The van der Waals surface area contributed by atoms with Gasteiger partial charge in [0.05, 0.1) is 6.54 Å². The Morgan fingerprint density at radius 3 is 2.10 bits per heavy atom. The highest BCUT2D eigenvalue weighted by Gasteiger charge is 2.32. The maximum atomic E-state index is 12.5. The lowest BCUT2D eigenvalue weighted by molar-refractivity contribution is -0.150. The molecule has 0 aliphatic heterocycles. The summed E-state index contributed by atoms with van der Waals surface area (Å²) in [7, 11) is 0. The van der Waals surface area contributed by atoms with E-state index in [9.17, 15) is 13.2 Å². The first-order valence-corrected chi connectivity index (χ1v) is 6.88. The highest BCUT2D eigenvalue weighted by Crippen LogP contribution is 2.21. The van der Waals surface area contributed by atoms with Crippen LogP contribution in [0.1, 0.15) is 37.9 Å². The smallest absolute Gasteiger partial charge is 0.323 e. The third-order valence-corrected chi connectivity index (χ3v) is 3.36. The monoisotopic (exact) mass is 288 g/mol. The maximum absolute atomic E-state index is 12.5. The van der Waals surface area contributed by atoms with Crippen LogP contribution in [0.2, 0.25) is 0 Å². The van der Waals surface area contributed by atoms with E-state index in [0.29, 0.717) is 0 Å². The zero-order valence-corrected chi connectivity index (χ0v) is 12.2. The van der Waals surface area contributed by atoms with Gasteiger partial charge in [0, 0.05) is 18.6 Å². The van der Waals surface area contributed by atoms with Crippen LogP contribution < -0.4 is 5.73 Å². The summed E-state index contributed by atoms with van der Waals surface area (Å²) in [6.45, 7) is 4.82. The maximum Gasteiger partial charge on any atom is 0.401 e. The predicted molar refractivity (Wildman–Crippen MR) is 75.5 cm³/mol. The Hall–Kier alpha value is -1.07. The molecule has 0 bridgehead atoms. The second-order valence-corrected chi connectivity index (χ2v) is 5.34. The number of benzene rings is 1. The van der Waals surface area contributed by atoms with Crippen LogP contribution >= 0.6 is 0 Å². The van der Waals surface area contributed by atoms with E-state index in [1.54, 1.807) is 13.8 Å². The van der Waals surface area contributed by atoms with E-state index in [1.807, 2.05) is 24.3 Å². The van der Waals surface area contributed by atoms with E-state index in [2.05, 4.69) is 6.92 Å². The Morgan fingerprint density at radius 1 is 1.15 bits per heavy atom. The molecule has 1 unspecified atom stereocenters. The van der Waals surface area contributed by atoms with Gasteiger partial charge in [-0.05, 0) is 31.4 Å². The minimum Gasteiger partial charge on any atom is -0.323 e. The molecule has 0 saturated heterocycles. The number of aryl methyl sites for hydroxylation is 1. The summed E-state index contributed by atoms with van der Waals surface area (Å²) in [6, 6.07) is 7.13. The Labute approximate surface area is 118 Å². The van der Waals surface area contributed by atoms with Gasteiger partial charge in [-0.2, -0.15) is 13.2 Å². The lowest BCUT2D eigenvalue weighted by atomic mass is 10.0. The van der Waals surface area contributed by atoms with Crippen LogP contribution in [-0.2, 0) is 6.42 Å². The first kappa shape index (κ1) is 17.0. The zero-order valence-electron chi connectivity index (χ0n) is 12.2. The predicted octanol–water partition coefficient (Wildman–Crippen LogP) is 3.52. The number of alkyl halides is 3. The van der Waals surface area contributed by atoms with Crippen LogP contribution in [0, 0.1) is 0 Å². The summed E-state index contributed by atoms with van der Waals surface area (Å²) >= 11 is 0. The molecule has 0 fully saturated rings. The highest BCUT2D eigenvalue weighted by molar-refractivity contribution is 5.25. The minimum absolute atomic E-state index is 0.197. The standard InChI is InChI=1S/C15H23F3N2/c1-4-12-5-7-13(8-6-12)14(19)9-20(11(2)3)10-15(16,17)18/h5-8,11,14H,4,9-10,19H2,1-3H3. The SMILES string of the molecule is CCc1ccc(C(N)CN(CC(F)(F)F)C(C)C)cc1. The molecular weight excluding hydrogens is 265 g/mol. The molecule has 0 heterocycles. The van der Waals surface area contributed by atoms with Gasteiger partial charge in [-0.1, -0.05) is 31.2 Å².